The lowest BCUT2D eigenvalue weighted by atomic mass is 9.88. The summed E-state index contributed by atoms with van der Waals surface area (Å²) in [4.78, 5) is 12.3. The Bertz CT molecular complexity index is 446. The molecule has 3 nitrogen and oxygen atoms in total. The van der Waals surface area contributed by atoms with Crippen molar-refractivity contribution in [3.05, 3.63) is 27.8 Å². The molecule has 0 unspecified atom stereocenters. The SMILES string of the molecule is C[SiH](C)Oc1c(CCl)occ(C(C)(C)C)c1=O. The molecule has 1 aromatic rings. The van der Waals surface area contributed by atoms with E-state index in [0.29, 0.717) is 17.1 Å². The molecular weight excluding hydrogens is 256 g/mol. The number of hydrogen-bond donors (Lipinski definition) is 0. The molecule has 5 heteroatoms. The summed E-state index contributed by atoms with van der Waals surface area (Å²) in [5, 5.41) is 0. The maximum atomic E-state index is 12.3. The van der Waals surface area contributed by atoms with E-state index >= 15 is 0 Å². The van der Waals surface area contributed by atoms with Crippen LogP contribution in [-0.2, 0) is 11.3 Å². The van der Waals surface area contributed by atoms with Crippen molar-refractivity contribution in [3.8, 4) is 5.75 Å². The molecule has 1 heterocycles. The zero-order valence-corrected chi connectivity index (χ0v) is 12.9. The predicted octanol–water partition coefficient (Wildman–Crippen LogP) is 3.04. The Kier molecular flexibility index (Phi) is 4.44. The van der Waals surface area contributed by atoms with Gasteiger partial charge in [0.05, 0.1) is 12.1 Å². The van der Waals surface area contributed by atoms with Gasteiger partial charge in [0.2, 0.25) is 14.5 Å². The molecule has 1 aromatic heterocycles. The number of alkyl halides is 1. The highest BCUT2D eigenvalue weighted by atomic mass is 35.5. The summed E-state index contributed by atoms with van der Waals surface area (Å²) < 4.78 is 11.1. The van der Waals surface area contributed by atoms with Crippen LogP contribution in [0.3, 0.4) is 0 Å². The van der Waals surface area contributed by atoms with Gasteiger partial charge in [0.25, 0.3) is 0 Å². The van der Waals surface area contributed by atoms with Crippen LogP contribution in [0.1, 0.15) is 32.1 Å². The summed E-state index contributed by atoms with van der Waals surface area (Å²) >= 11 is 5.76. The van der Waals surface area contributed by atoms with Crippen LogP contribution in [0.25, 0.3) is 0 Å². The molecule has 0 saturated carbocycles. The highest BCUT2D eigenvalue weighted by Gasteiger charge is 2.23. The lowest BCUT2D eigenvalue weighted by Crippen LogP contribution is -2.26. The molecular formula is C12H19ClO3Si. The summed E-state index contributed by atoms with van der Waals surface area (Å²) in [6.07, 6.45) is 1.49. The molecule has 0 radical (unpaired) electrons. The lowest BCUT2D eigenvalue weighted by molar-refractivity contribution is 0.435. The summed E-state index contributed by atoms with van der Waals surface area (Å²) in [6.45, 7) is 9.91. The fourth-order valence-corrected chi connectivity index (χ4v) is 2.34. The molecule has 0 atom stereocenters. The fourth-order valence-electron chi connectivity index (χ4n) is 1.45. The molecule has 0 bridgehead atoms. The summed E-state index contributed by atoms with van der Waals surface area (Å²) in [7, 11) is -1.36. The first-order valence-electron chi connectivity index (χ1n) is 5.65. The van der Waals surface area contributed by atoms with Crippen LogP contribution >= 0.6 is 11.6 Å². The average molecular weight is 275 g/mol. The van der Waals surface area contributed by atoms with Crippen molar-refractivity contribution in [1.82, 2.24) is 0 Å². The van der Waals surface area contributed by atoms with Gasteiger partial charge in [-0.25, -0.2) is 0 Å². The Hall–Kier alpha value is -0.743. The minimum Gasteiger partial charge on any atom is -0.542 e. The molecule has 0 saturated heterocycles. The van der Waals surface area contributed by atoms with Gasteiger partial charge in [-0.2, -0.15) is 0 Å². The summed E-state index contributed by atoms with van der Waals surface area (Å²) in [6, 6.07) is 0. The molecule has 0 aliphatic rings. The number of hydrogen-bond acceptors (Lipinski definition) is 3. The van der Waals surface area contributed by atoms with E-state index in [2.05, 4.69) is 0 Å². The standard InChI is InChI=1S/C12H19ClO3Si/c1-12(2,3)8-7-15-9(6-13)11(10(8)14)16-17(4)5/h7,17H,6H2,1-5H3. The largest absolute Gasteiger partial charge is 0.542 e. The van der Waals surface area contributed by atoms with Crippen LogP contribution in [-0.4, -0.2) is 9.04 Å². The Labute approximate surface area is 108 Å². The zero-order valence-electron chi connectivity index (χ0n) is 11.0. The van der Waals surface area contributed by atoms with E-state index in [4.69, 9.17) is 20.4 Å². The molecule has 1 rings (SSSR count). The van der Waals surface area contributed by atoms with Gasteiger partial charge in [-0.1, -0.05) is 20.8 Å². The van der Waals surface area contributed by atoms with E-state index in [9.17, 15) is 4.79 Å². The van der Waals surface area contributed by atoms with Crippen LogP contribution in [0.4, 0.5) is 0 Å². The molecule has 0 fully saturated rings. The second-order valence-corrected chi connectivity index (χ2v) is 7.88. The Morgan fingerprint density at radius 3 is 2.41 bits per heavy atom. The zero-order chi connectivity index (χ0) is 13.2. The topological polar surface area (TPSA) is 39.4 Å². The van der Waals surface area contributed by atoms with Gasteiger partial charge in [-0.3, -0.25) is 4.79 Å². The monoisotopic (exact) mass is 274 g/mol. The van der Waals surface area contributed by atoms with Gasteiger partial charge in [0.1, 0.15) is 0 Å². The molecule has 0 aliphatic heterocycles. The van der Waals surface area contributed by atoms with E-state index in [0.717, 1.165) is 0 Å². The predicted molar refractivity (Wildman–Crippen MR) is 72.7 cm³/mol. The van der Waals surface area contributed by atoms with Gasteiger partial charge in [-0.05, 0) is 18.5 Å². The maximum absolute atomic E-state index is 12.3. The van der Waals surface area contributed by atoms with Gasteiger partial charge < -0.3 is 8.84 Å². The lowest BCUT2D eigenvalue weighted by Gasteiger charge is -2.19. The molecule has 0 amide bonds. The average Bonchev–Trinajstić information content (AvgIpc) is 2.18. The van der Waals surface area contributed by atoms with Crippen LogP contribution in [0.2, 0.25) is 13.1 Å². The van der Waals surface area contributed by atoms with E-state index in [1.807, 2.05) is 33.9 Å². The van der Waals surface area contributed by atoms with E-state index in [1.165, 1.54) is 6.26 Å². The first-order valence-corrected chi connectivity index (χ1v) is 8.96. The Balaban J connectivity index is 3.38. The van der Waals surface area contributed by atoms with Crippen molar-refractivity contribution in [2.24, 2.45) is 0 Å². The summed E-state index contributed by atoms with van der Waals surface area (Å²) in [5.41, 5.74) is 0.263. The second kappa shape index (κ2) is 5.27. The quantitative estimate of drug-likeness (QED) is 0.628. The number of rotatable bonds is 3. The van der Waals surface area contributed by atoms with Crippen LogP contribution in [0.5, 0.6) is 5.75 Å². The van der Waals surface area contributed by atoms with Crippen molar-refractivity contribution < 1.29 is 8.84 Å². The Morgan fingerprint density at radius 2 is 2.00 bits per heavy atom. The molecule has 0 N–H and O–H groups in total. The van der Waals surface area contributed by atoms with E-state index in [1.54, 1.807) is 0 Å². The minimum absolute atomic E-state index is 0.0967. The van der Waals surface area contributed by atoms with Crippen molar-refractivity contribution in [1.29, 1.82) is 0 Å². The third-order valence-corrected chi connectivity index (χ3v) is 3.26. The van der Waals surface area contributed by atoms with Crippen molar-refractivity contribution in [3.63, 3.8) is 0 Å². The van der Waals surface area contributed by atoms with Crippen LogP contribution in [0.15, 0.2) is 15.5 Å². The minimum atomic E-state index is -1.36. The van der Waals surface area contributed by atoms with Crippen LogP contribution in [0, 0.1) is 0 Å². The smallest absolute Gasteiger partial charge is 0.229 e. The van der Waals surface area contributed by atoms with Gasteiger partial charge in [0, 0.05) is 5.56 Å². The normalized spacial score (nSPS) is 11.9. The first-order chi connectivity index (χ1) is 7.77. The molecule has 0 spiro atoms. The maximum Gasteiger partial charge on any atom is 0.229 e. The third kappa shape index (κ3) is 3.36. The van der Waals surface area contributed by atoms with E-state index < -0.39 is 9.04 Å². The van der Waals surface area contributed by atoms with Gasteiger partial charge in [0.15, 0.2) is 11.5 Å². The molecule has 0 aliphatic carbocycles. The van der Waals surface area contributed by atoms with Crippen molar-refractivity contribution >= 4 is 20.6 Å². The Morgan fingerprint density at radius 1 is 1.41 bits per heavy atom. The second-order valence-electron chi connectivity index (χ2n) is 5.28. The highest BCUT2D eigenvalue weighted by molar-refractivity contribution is 6.49. The van der Waals surface area contributed by atoms with E-state index in [-0.39, 0.29) is 16.7 Å². The van der Waals surface area contributed by atoms with Crippen LogP contribution < -0.4 is 9.85 Å². The molecule has 0 aromatic carbocycles. The fraction of sp³-hybridized carbons (Fsp3) is 0.583. The van der Waals surface area contributed by atoms with Gasteiger partial charge in [-0.15, -0.1) is 11.6 Å². The molecule has 96 valence electrons. The van der Waals surface area contributed by atoms with Gasteiger partial charge >= 0.3 is 0 Å². The van der Waals surface area contributed by atoms with Crippen molar-refractivity contribution in [2.45, 2.75) is 45.2 Å². The summed E-state index contributed by atoms with van der Waals surface area (Å²) in [5.74, 6) is 0.871. The first kappa shape index (κ1) is 14.3. The third-order valence-electron chi connectivity index (χ3n) is 2.31. The number of halogens is 1. The van der Waals surface area contributed by atoms with Crippen molar-refractivity contribution in [2.75, 3.05) is 0 Å². The highest BCUT2D eigenvalue weighted by Crippen LogP contribution is 2.24. The molecule has 17 heavy (non-hydrogen) atoms.